The lowest BCUT2D eigenvalue weighted by molar-refractivity contribution is 0.0953. The number of nitrogen functional groups attached to an aromatic ring is 1. The maximum Gasteiger partial charge on any atom is 0.265 e. The molecule has 4 nitrogen and oxygen atoms in total. The van der Waals surface area contributed by atoms with Crippen LogP contribution in [0, 0.1) is 5.82 Å². The highest BCUT2D eigenvalue weighted by Gasteiger charge is 2.22. The van der Waals surface area contributed by atoms with E-state index in [4.69, 9.17) is 5.84 Å². The molecule has 1 saturated heterocycles. The molecule has 1 aliphatic rings. The largest absolute Gasteiger partial charge is 0.297 e. The SMILES string of the molecule is NNC(=O)c1ccc(CN2CCSC(c3ccc(F)cc3)C2)cc1. The van der Waals surface area contributed by atoms with E-state index in [1.165, 1.54) is 17.7 Å². The molecule has 2 aromatic rings. The third-order valence-corrected chi connectivity index (χ3v) is 5.39. The lowest BCUT2D eigenvalue weighted by atomic mass is 10.1. The van der Waals surface area contributed by atoms with E-state index in [2.05, 4.69) is 10.3 Å². The number of hydrogen-bond acceptors (Lipinski definition) is 4. The molecule has 1 fully saturated rings. The second-order valence-electron chi connectivity index (χ2n) is 5.82. The van der Waals surface area contributed by atoms with Crippen molar-refractivity contribution in [2.45, 2.75) is 11.8 Å². The summed E-state index contributed by atoms with van der Waals surface area (Å²) in [6.07, 6.45) is 0. The molecule has 0 radical (unpaired) electrons. The van der Waals surface area contributed by atoms with Crippen LogP contribution >= 0.6 is 11.8 Å². The minimum absolute atomic E-state index is 0.196. The van der Waals surface area contributed by atoms with Crippen LogP contribution in [0.15, 0.2) is 48.5 Å². The van der Waals surface area contributed by atoms with Crippen LogP contribution in [0.5, 0.6) is 0 Å². The van der Waals surface area contributed by atoms with Gasteiger partial charge in [-0.2, -0.15) is 11.8 Å². The Labute approximate surface area is 145 Å². The number of rotatable bonds is 4. The summed E-state index contributed by atoms with van der Waals surface area (Å²) in [5.41, 5.74) is 5.01. The van der Waals surface area contributed by atoms with Crippen LogP contribution in [-0.4, -0.2) is 29.6 Å². The van der Waals surface area contributed by atoms with Crippen LogP contribution in [0.25, 0.3) is 0 Å². The minimum atomic E-state index is -0.285. The summed E-state index contributed by atoms with van der Waals surface area (Å²) < 4.78 is 13.1. The fraction of sp³-hybridized carbons (Fsp3) is 0.278. The number of halogens is 1. The Bertz CT molecular complexity index is 690. The molecule has 1 atom stereocenters. The molecule has 0 saturated carbocycles. The van der Waals surface area contributed by atoms with E-state index in [1.807, 2.05) is 36.0 Å². The van der Waals surface area contributed by atoms with E-state index < -0.39 is 0 Å². The summed E-state index contributed by atoms with van der Waals surface area (Å²) in [5, 5.41) is 0.363. The van der Waals surface area contributed by atoms with Crippen LogP contribution in [-0.2, 0) is 6.54 Å². The topological polar surface area (TPSA) is 58.4 Å². The van der Waals surface area contributed by atoms with Crippen LogP contribution in [0.1, 0.15) is 26.7 Å². The molecule has 1 aliphatic heterocycles. The van der Waals surface area contributed by atoms with E-state index in [0.717, 1.165) is 31.0 Å². The van der Waals surface area contributed by atoms with Crippen molar-refractivity contribution in [2.75, 3.05) is 18.8 Å². The fourth-order valence-electron chi connectivity index (χ4n) is 2.83. The van der Waals surface area contributed by atoms with Crippen LogP contribution < -0.4 is 11.3 Å². The molecule has 1 amide bonds. The van der Waals surface area contributed by atoms with Gasteiger partial charge in [-0.05, 0) is 35.4 Å². The minimum Gasteiger partial charge on any atom is -0.297 e. The molecule has 1 unspecified atom stereocenters. The van der Waals surface area contributed by atoms with Crippen molar-refractivity contribution >= 4 is 17.7 Å². The van der Waals surface area contributed by atoms with E-state index in [-0.39, 0.29) is 11.7 Å². The first-order valence-corrected chi connectivity index (χ1v) is 8.90. The third-order valence-electron chi connectivity index (χ3n) is 4.15. The van der Waals surface area contributed by atoms with Crippen molar-refractivity contribution in [3.63, 3.8) is 0 Å². The van der Waals surface area contributed by atoms with Crippen LogP contribution in [0.2, 0.25) is 0 Å². The van der Waals surface area contributed by atoms with E-state index in [9.17, 15) is 9.18 Å². The van der Waals surface area contributed by atoms with Gasteiger partial charge in [-0.3, -0.25) is 15.1 Å². The number of hydrazine groups is 1. The highest BCUT2D eigenvalue weighted by atomic mass is 32.2. The molecule has 1 heterocycles. The zero-order valence-electron chi connectivity index (χ0n) is 13.2. The van der Waals surface area contributed by atoms with Gasteiger partial charge in [-0.1, -0.05) is 24.3 Å². The summed E-state index contributed by atoms with van der Waals surface area (Å²) in [7, 11) is 0. The van der Waals surface area contributed by atoms with Gasteiger partial charge < -0.3 is 0 Å². The molecule has 3 N–H and O–H groups in total. The fourth-order valence-corrected chi connectivity index (χ4v) is 4.14. The molecular formula is C18H20FN3OS. The molecule has 6 heteroatoms. The Morgan fingerprint density at radius 2 is 1.92 bits per heavy atom. The Kier molecular flexibility index (Phi) is 5.50. The number of thioether (sulfide) groups is 1. The summed E-state index contributed by atoms with van der Waals surface area (Å²) >= 11 is 1.91. The normalized spacial score (nSPS) is 18.3. The van der Waals surface area contributed by atoms with E-state index >= 15 is 0 Å². The Morgan fingerprint density at radius 1 is 1.21 bits per heavy atom. The number of benzene rings is 2. The summed E-state index contributed by atoms with van der Waals surface area (Å²) in [6, 6.07) is 14.3. The number of hydrogen-bond donors (Lipinski definition) is 2. The monoisotopic (exact) mass is 345 g/mol. The van der Waals surface area contributed by atoms with Gasteiger partial charge in [-0.15, -0.1) is 0 Å². The second kappa shape index (κ2) is 7.79. The molecular weight excluding hydrogens is 325 g/mol. The van der Waals surface area contributed by atoms with Gasteiger partial charge in [0.1, 0.15) is 5.82 Å². The lowest BCUT2D eigenvalue weighted by Crippen LogP contribution is -2.34. The molecule has 0 aliphatic carbocycles. The van der Waals surface area contributed by atoms with Crippen molar-refractivity contribution in [2.24, 2.45) is 5.84 Å². The number of carbonyl (C=O) groups excluding carboxylic acids is 1. The van der Waals surface area contributed by atoms with Crippen molar-refractivity contribution in [1.82, 2.24) is 10.3 Å². The summed E-state index contributed by atoms with van der Waals surface area (Å²) in [5.74, 6) is 5.71. The molecule has 0 aromatic heterocycles. The second-order valence-corrected chi connectivity index (χ2v) is 7.13. The maximum absolute atomic E-state index is 13.1. The van der Waals surface area contributed by atoms with Crippen LogP contribution in [0.4, 0.5) is 4.39 Å². The summed E-state index contributed by atoms with van der Waals surface area (Å²) in [6.45, 7) is 2.79. The van der Waals surface area contributed by atoms with Gasteiger partial charge in [-0.25, -0.2) is 10.2 Å². The van der Waals surface area contributed by atoms with Crippen molar-refractivity contribution in [3.8, 4) is 0 Å². The van der Waals surface area contributed by atoms with Crippen molar-refractivity contribution in [3.05, 3.63) is 71.0 Å². The first kappa shape index (κ1) is 17.0. The number of carbonyl (C=O) groups is 1. The van der Waals surface area contributed by atoms with Gasteiger partial charge >= 0.3 is 0 Å². The first-order chi connectivity index (χ1) is 11.7. The van der Waals surface area contributed by atoms with Crippen molar-refractivity contribution < 1.29 is 9.18 Å². The molecule has 126 valence electrons. The smallest absolute Gasteiger partial charge is 0.265 e. The van der Waals surface area contributed by atoms with Gasteiger partial charge in [0.2, 0.25) is 0 Å². The van der Waals surface area contributed by atoms with E-state index in [0.29, 0.717) is 10.8 Å². The maximum atomic E-state index is 13.1. The molecule has 0 bridgehead atoms. The average Bonchev–Trinajstić information content (AvgIpc) is 2.62. The number of nitrogens with zero attached hydrogens (tertiary/aromatic N) is 1. The zero-order valence-corrected chi connectivity index (χ0v) is 14.1. The van der Waals surface area contributed by atoms with Gasteiger partial charge in [0, 0.05) is 36.2 Å². The number of nitrogens with two attached hydrogens (primary N) is 1. The average molecular weight is 345 g/mol. The predicted octanol–water partition coefficient (Wildman–Crippen LogP) is 2.72. The van der Waals surface area contributed by atoms with E-state index in [1.54, 1.807) is 12.1 Å². The summed E-state index contributed by atoms with van der Waals surface area (Å²) in [4.78, 5) is 13.9. The highest BCUT2D eigenvalue weighted by Crippen LogP contribution is 2.33. The third kappa shape index (κ3) is 4.14. The van der Waals surface area contributed by atoms with Gasteiger partial charge in [0.05, 0.1) is 0 Å². The van der Waals surface area contributed by atoms with Gasteiger partial charge in [0.25, 0.3) is 5.91 Å². The van der Waals surface area contributed by atoms with Gasteiger partial charge in [0.15, 0.2) is 0 Å². The predicted molar refractivity (Wildman–Crippen MR) is 95.0 cm³/mol. The quantitative estimate of drug-likeness (QED) is 0.508. The standard InChI is InChI=1S/C18H20FN3OS/c19-16-7-5-14(6-8-16)17-12-22(9-10-24-17)11-13-1-3-15(4-2-13)18(23)21-20/h1-8,17H,9-12,20H2,(H,21,23). The van der Waals surface area contributed by atoms with Crippen molar-refractivity contribution in [1.29, 1.82) is 0 Å². The Balaban J connectivity index is 1.63. The molecule has 3 rings (SSSR count). The molecule has 2 aromatic carbocycles. The lowest BCUT2D eigenvalue weighted by Gasteiger charge is -2.32. The zero-order chi connectivity index (χ0) is 16.9. The molecule has 24 heavy (non-hydrogen) atoms. The highest BCUT2D eigenvalue weighted by molar-refractivity contribution is 7.99. The number of nitrogens with one attached hydrogen (secondary N) is 1. The number of amides is 1. The van der Waals surface area contributed by atoms with Crippen LogP contribution in [0.3, 0.4) is 0 Å². The Morgan fingerprint density at radius 3 is 2.58 bits per heavy atom. The Hall–Kier alpha value is -1.89. The first-order valence-electron chi connectivity index (χ1n) is 7.85. The molecule has 0 spiro atoms.